The average molecular weight is 505 g/mol. The number of amides is 2. The van der Waals surface area contributed by atoms with E-state index in [1.54, 1.807) is 6.07 Å². The minimum Gasteiger partial charge on any atom is -0.345 e. The summed E-state index contributed by atoms with van der Waals surface area (Å²) >= 11 is 0. The molecular formula is C29H36N4O4. The molecule has 1 heterocycles. The second kappa shape index (κ2) is 12.9. The molecule has 0 radical (unpaired) electrons. The van der Waals surface area contributed by atoms with E-state index in [9.17, 15) is 19.7 Å². The Hall–Kier alpha value is -3.94. The summed E-state index contributed by atoms with van der Waals surface area (Å²) in [6.07, 6.45) is 3.81. The molecule has 3 rings (SSSR count). The first-order valence-corrected chi connectivity index (χ1v) is 12.7. The largest absolute Gasteiger partial charge is 0.345 e. The molecular weight excluding hydrogens is 468 g/mol. The molecule has 0 aliphatic rings. The quantitative estimate of drug-likeness (QED) is 0.243. The van der Waals surface area contributed by atoms with Crippen LogP contribution in [0.1, 0.15) is 60.8 Å². The molecule has 2 amide bonds. The lowest BCUT2D eigenvalue weighted by molar-refractivity contribution is -0.384. The normalized spacial score (nSPS) is 10.9. The fourth-order valence-electron chi connectivity index (χ4n) is 4.24. The fraction of sp³-hybridized carbons (Fsp3) is 0.379. The summed E-state index contributed by atoms with van der Waals surface area (Å²) in [7, 11) is 0. The zero-order valence-electron chi connectivity index (χ0n) is 22.1. The number of carbonyl (C=O) groups excluding carboxylic acids is 2. The number of hydrogen-bond donors (Lipinski definition) is 0. The van der Waals surface area contributed by atoms with Crippen molar-refractivity contribution in [2.24, 2.45) is 0 Å². The zero-order chi connectivity index (χ0) is 26.9. The lowest BCUT2D eigenvalue weighted by Gasteiger charge is -2.30. The van der Waals surface area contributed by atoms with Gasteiger partial charge in [0.15, 0.2) is 0 Å². The number of aromatic nitrogens is 1. The lowest BCUT2D eigenvalue weighted by atomic mass is 10.1. The van der Waals surface area contributed by atoms with Gasteiger partial charge in [-0.15, -0.1) is 0 Å². The van der Waals surface area contributed by atoms with Gasteiger partial charge in [0.25, 0.3) is 11.6 Å². The molecule has 37 heavy (non-hydrogen) atoms. The SMILES string of the molecule is CCCCN(Cc1cccn1Cc1cccc(C)c1)C(=O)CN(C(=O)c1cccc([N+](=O)[O-])c1)C(C)C. The Bertz CT molecular complexity index is 1230. The van der Waals surface area contributed by atoms with Crippen LogP contribution >= 0.6 is 0 Å². The van der Waals surface area contributed by atoms with Gasteiger partial charge in [-0.25, -0.2) is 0 Å². The Morgan fingerprint density at radius 1 is 1.05 bits per heavy atom. The summed E-state index contributed by atoms with van der Waals surface area (Å²) in [4.78, 5) is 40.7. The van der Waals surface area contributed by atoms with Crippen molar-refractivity contribution in [3.63, 3.8) is 0 Å². The maximum atomic E-state index is 13.5. The smallest absolute Gasteiger partial charge is 0.270 e. The molecule has 8 heteroatoms. The minimum atomic E-state index is -0.528. The highest BCUT2D eigenvalue weighted by Crippen LogP contribution is 2.18. The van der Waals surface area contributed by atoms with E-state index in [0.29, 0.717) is 19.6 Å². The van der Waals surface area contributed by atoms with Crippen LogP contribution in [-0.2, 0) is 17.9 Å². The Morgan fingerprint density at radius 2 is 1.81 bits per heavy atom. The monoisotopic (exact) mass is 504 g/mol. The number of nitro groups is 1. The first-order chi connectivity index (χ1) is 17.7. The molecule has 196 valence electrons. The second-order valence-electron chi connectivity index (χ2n) is 9.62. The fourth-order valence-corrected chi connectivity index (χ4v) is 4.24. The third kappa shape index (κ3) is 7.52. The van der Waals surface area contributed by atoms with Crippen LogP contribution < -0.4 is 0 Å². The van der Waals surface area contributed by atoms with Gasteiger partial charge in [0.05, 0.1) is 11.5 Å². The van der Waals surface area contributed by atoms with Crippen molar-refractivity contribution in [2.75, 3.05) is 13.1 Å². The summed E-state index contributed by atoms with van der Waals surface area (Å²) in [6.45, 7) is 9.47. The van der Waals surface area contributed by atoms with Gasteiger partial charge in [-0.2, -0.15) is 0 Å². The van der Waals surface area contributed by atoms with Gasteiger partial charge in [-0.1, -0.05) is 49.2 Å². The van der Waals surface area contributed by atoms with Crippen molar-refractivity contribution < 1.29 is 14.5 Å². The summed E-state index contributed by atoms with van der Waals surface area (Å²) in [5.41, 5.74) is 3.46. The van der Waals surface area contributed by atoms with Gasteiger partial charge < -0.3 is 14.4 Å². The molecule has 0 N–H and O–H groups in total. The number of nitro benzene ring substituents is 1. The van der Waals surface area contributed by atoms with Crippen molar-refractivity contribution in [1.29, 1.82) is 0 Å². The number of aryl methyl sites for hydroxylation is 1. The van der Waals surface area contributed by atoms with Crippen molar-refractivity contribution in [1.82, 2.24) is 14.4 Å². The van der Waals surface area contributed by atoms with E-state index in [-0.39, 0.29) is 29.7 Å². The highest BCUT2D eigenvalue weighted by molar-refractivity contribution is 5.97. The molecule has 0 saturated heterocycles. The van der Waals surface area contributed by atoms with Crippen molar-refractivity contribution >= 4 is 17.5 Å². The van der Waals surface area contributed by atoms with E-state index in [1.165, 1.54) is 34.2 Å². The maximum Gasteiger partial charge on any atom is 0.270 e. The van der Waals surface area contributed by atoms with E-state index in [1.807, 2.05) is 43.1 Å². The van der Waals surface area contributed by atoms with E-state index < -0.39 is 10.8 Å². The van der Waals surface area contributed by atoms with Gasteiger partial charge in [-0.05, 0) is 51.0 Å². The van der Waals surface area contributed by atoms with Crippen LogP contribution in [0, 0.1) is 17.0 Å². The maximum absolute atomic E-state index is 13.5. The number of nitrogens with zero attached hydrogens (tertiary/aromatic N) is 4. The highest BCUT2D eigenvalue weighted by Gasteiger charge is 2.26. The summed E-state index contributed by atoms with van der Waals surface area (Å²) in [5, 5.41) is 11.2. The van der Waals surface area contributed by atoms with Gasteiger partial charge >= 0.3 is 0 Å². The molecule has 3 aromatic rings. The topological polar surface area (TPSA) is 88.7 Å². The number of hydrogen-bond acceptors (Lipinski definition) is 4. The zero-order valence-corrected chi connectivity index (χ0v) is 22.1. The number of rotatable bonds is 12. The Kier molecular flexibility index (Phi) is 9.60. The van der Waals surface area contributed by atoms with Crippen LogP contribution in [0.4, 0.5) is 5.69 Å². The van der Waals surface area contributed by atoms with Crippen molar-refractivity contribution in [2.45, 2.75) is 59.7 Å². The molecule has 0 fully saturated rings. The highest BCUT2D eigenvalue weighted by atomic mass is 16.6. The number of unbranched alkanes of at least 4 members (excludes halogenated alkanes) is 1. The molecule has 0 aliphatic carbocycles. The minimum absolute atomic E-state index is 0.0957. The Labute approximate surface area is 218 Å². The Balaban J connectivity index is 1.78. The molecule has 0 bridgehead atoms. The van der Waals surface area contributed by atoms with E-state index >= 15 is 0 Å². The van der Waals surface area contributed by atoms with E-state index in [4.69, 9.17) is 0 Å². The second-order valence-corrected chi connectivity index (χ2v) is 9.62. The Morgan fingerprint density at radius 3 is 2.49 bits per heavy atom. The molecule has 0 spiro atoms. The van der Waals surface area contributed by atoms with Crippen LogP contribution in [0.5, 0.6) is 0 Å². The van der Waals surface area contributed by atoms with E-state index in [2.05, 4.69) is 36.6 Å². The number of carbonyl (C=O) groups is 2. The molecule has 0 saturated carbocycles. The van der Waals surface area contributed by atoms with Crippen LogP contribution in [0.15, 0.2) is 66.9 Å². The first-order valence-electron chi connectivity index (χ1n) is 12.7. The lowest BCUT2D eigenvalue weighted by Crippen LogP contribution is -2.46. The van der Waals surface area contributed by atoms with Gasteiger partial charge in [0.2, 0.25) is 5.91 Å². The molecule has 8 nitrogen and oxygen atoms in total. The van der Waals surface area contributed by atoms with Gasteiger partial charge in [0.1, 0.15) is 6.54 Å². The number of benzene rings is 2. The van der Waals surface area contributed by atoms with Gasteiger partial charge in [0, 0.05) is 48.7 Å². The molecule has 2 aromatic carbocycles. The van der Waals surface area contributed by atoms with Crippen LogP contribution in [0.25, 0.3) is 0 Å². The standard InChI is InChI=1S/C29H36N4O4/c1-5-6-15-31(20-27-14-9-16-30(27)19-24-11-7-10-23(4)17-24)28(34)21-32(22(2)3)29(35)25-12-8-13-26(18-25)33(36)37/h7-14,16-18,22H,5-6,15,19-21H2,1-4H3. The summed E-state index contributed by atoms with van der Waals surface area (Å²) < 4.78 is 2.15. The van der Waals surface area contributed by atoms with Crippen molar-refractivity contribution in [3.05, 3.63) is 99.4 Å². The van der Waals surface area contributed by atoms with Crippen LogP contribution in [0.3, 0.4) is 0 Å². The van der Waals surface area contributed by atoms with E-state index in [0.717, 1.165) is 18.5 Å². The molecule has 1 aromatic heterocycles. The third-order valence-corrected chi connectivity index (χ3v) is 6.34. The average Bonchev–Trinajstić information content (AvgIpc) is 3.30. The van der Waals surface area contributed by atoms with Crippen molar-refractivity contribution in [3.8, 4) is 0 Å². The first kappa shape index (κ1) is 27.6. The predicted molar refractivity (Wildman–Crippen MR) is 144 cm³/mol. The van der Waals surface area contributed by atoms with Crippen LogP contribution in [0.2, 0.25) is 0 Å². The van der Waals surface area contributed by atoms with Gasteiger partial charge in [-0.3, -0.25) is 19.7 Å². The molecule has 0 aliphatic heterocycles. The summed E-state index contributed by atoms with van der Waals surface area (Å²) in [5.74, 6) is -0.547. The number of non-ortho nitro benzene ring substituents is 1. The predicted octanol–water partition coefficient (Wildman–Crippen LogP) is 5.43. The summed E-state index contributed by atoms with van der Waals surface area (Å²) in [6, 6.07) is 17.8. The molecule has 0 atom stereocenters. The third-order valence-electron chi connectivity index (χ3n) is 6.34. The van der Waals surface area contributed by atoms with Crippen LogP contribution in [-0.4, -0.2) is 50.2 Å². The molecule has 0 unspecified atom stereocenters.